The maximum Gasteiger partial charge on any atom is 0.243 e. The highest BCUT2D eigenvalue weighted by Gasteiger charge is 2.35. The fourth-order valence-corrected chi connectivity index (χ4v) is 5.98. The lowest BCUT2D eigenvalue weighted by molar-refractivity contribution is 0.213. The number of benzene rings is 2. The summed E-state index contributed by atoms with van der Waals surface area (Å²) in [5.41, 5.74) is 1.37. The zero-order valence-electron chi connectivity index (χ0n) is 20.3. The largest absolute Gasteiger partial charge is 0.340 e. The number of anilines is 4. The SMILES string of the molecule is Cl.O=S(=O)(c1ccc(Nc2nccc(Nc3ccc(F)cc3)n2)cc1)N(CCN1CCCC1)C1CNC1. The van der Waals surface area contributed by atoms with E-state index in [1.54, 1.807) is 53.0 Å². The first-order valence-electron chi connectivity index (χ1n) is 12.1. The number of halogens is 2. The van der Waals surface area contributed by atoms with Gasteiger partial charge in [-0.1, -0.05) is 0 Å². The van der Waals surface area contributed by atoms with Crippen molar-refractivity contribution in [1.82, 2.24) is 24.5 Å². The molecule has 0 saturated carbocycles. The van der Waals surface area contributed by atoms with Crippen LogP contribution in [0.3, 0.4) is 0 Å². The van der Waals surface area contributed by atoms with Crippen LogP contribution in [0.4, 0.5) is 27.5 Å². The molecule has 0 amide bonds. The van der Waals surface area contributed by atoms with E-state index in [-0.39, 0.29) is 29.2 Å². The molecule has 198 valence electrons. The van der Waals surface area contributed by atoms with E-state index in [9.17, 15) is 12.8 Å². The molecule has 37 heavy (non-hydrogen) atoms. The number of sulfonamides is 1. The van der Waals surface area contributed by atoms with Gasteiger partial charge in [0.1, 0.15) is 11.6 Å². The summed E-state index contributed by atoms with van der Waals surface area (Å²) < 4.78 is 41.7. The first-order chi connectivity index (χ1) is 17.5. The van der Waals surface area contributed by atoms with Gasteiger partial charge in [-0.15, -0.1) is 12.4 Å². The van der Waals surface area contributed by atoms with E-state index in [0.29, 0.717) is 42.8 Å². The van der Waals surface area contributed by atoms with Crippen LogP contribution in [-0.2, 0) is 10.0 Å². The van der Waals surface area contributed by atoms with Crippen LogP contribution in [0.25, 0.3) is 0 Å². The third-order valence-electron chi connectivity index (χ3n) is 6.49. The third kappa shape index (κ3) is 6.74. The first kappa shape index (κ1) is 27.2. The molecular weight excluding hydrogens is 517 g/mol. The van der Waals surface area contributed by atoms with E-state index in [2.05, 4.69) is 30.8 Å². The van der Waals surface area contributed by atoms with Crippen molar-refractivity contribution in [1.29, 1.82) is 0 Å². The minimum absolute atomic E-state index is 0. The summed E-state index contributed by atoms with van der Waals surface area (Å²) >= 11 is 0. The van der Waals surface area contributed by atoms with Crippen LogP contribution in [0.15, 0.2) is 65.7 Å². The Morgan fingerprint density at radius 2 is 1.62 bits per heavy atom. The van der Waals surface area contributed by atoms with Crippen LogP contribution in [-0.4, -0.2) is 72.9 Å². The molecule has 9 nitrogen and oxygen atoms in total. The lowest BCUT2D eigenvalue weighted by atomic mass is 10.2. The highest BCUT2D eigenvalue weighted by molar-refractivity contribution is 7.89. The molecule has 2 aliphatic rings. The van der Waals surface area contributed by atoms with Gasteiger partial charge in [-0.2, -0.15) is 9.29 Å². The van der Waals surface area contributed by atoms with Gasteiger partial charge in [0.25, 0.3) is 0 Å². The summed E-state index contributed by atoms with van der Waals surface area (Å²) in [6, 6.07) is 14.3. The van der Waals surface area contributed by atoms with Gasteiger partial charge in [-0.25, -0.2) is 17.8 Å². The highest BCUT2D eigenvalue weighted by atomic mass is 35.5. The smallest absolute Gasteiger partial charge is 0.243 e. The van der Waals surface area contributed by atoms with Gasteiger partial charge in [-0.3, -0.25) is 0 Å². The molecule has 12 heteroatoms. The Morgan fingerprint density at radius 1 is 0.973 bits per heavy atom. The van der Waals surface area contributed by atoms with Gasteiger partial charge in [0.05, 0.1) is 10.9 Å². The standard InChI is InChI=1S/C25H30FN7O2S.ClH/c26-19-3-5-20(6-4-19)29-24-11-12-28-25(31-24)30-21-7-9-23(10-8-21)36(34,35)33(22-17-27-18-22)16-15-32-13-1-2-14-32;/h3-12,22,27H,1-2,13-18H2,(H2,28,29,30,31);1H. The molecule has 3 N–H and O–H groups in total. The predicted octanol–water partition coefficient (Wildman–Crippen LogP) is 3.58. The molecular formula is C25H31ClFN7O2S. The molecule has 2 aliphatic heterocycles. The fraction of sp³-hybridized carbons (Fsp3) is 0.360. The quantitative estimate of drug-likeness (QED) is 0.354. The Kier molecular flexibility index (Phi) is 8.93. The van der Waals surface area contributed by atoms with Crippen molar-refractivity contribution in [3.63, 3.8) is 0 Å². The molecule has 0 radical (unpaired) electrons. The predicted molar refractivity (Wildman–Crippen MR) is 145 cm³/mol. The second-order valence-electron chi connectivity index (χ2n) is 9.02. The summed E-state index contributed by atoms with van der Waals surface area (Å²) in [4.78, 5) is 11.3. The monoisotopic (exact) mass is 547 g/mol. The van der Waals surface area contributed by atoms with Gasteiger partial charge in [0, 0.05) is 43.8 Å². The normalized spacial score (nSPS) is 16.3. The van der Waals surface area contributed by atoms with Crippen molar-refractivity contribution < 1.29 is 12.8 Å². The Balaban J connectivity index is 0.00000320. The lowest BCUT2D eigenvalue weighted by Gasteiger charge is -2.38. The Labute approximate surface area is 223 Å². The third-order valence-corrected chi connectivity index (χ3v) is 8.46. The van der Waals surface area contributed by atoms with Gasteiger partial charge in [0.15, 0.2) is 0 Å². The second-order valence-corrected chi connectivity index (χ2v) is 10.9. The molecule has 2 saturated heterocycles. The molecule has 1 aromatic heterocycles. The molecule has 0 bridgehead atoms. The Hall–Kier alpha value is -2.83. The van der Waals surface area contributed by atoms with Gasteiger partial charge >= 0.3 is 0 Å². The van der Waals surface area contributed by atoms with Gasteiger partial charge < -0.3 is 20.9 Å². The number of nitrogens with zero attached hydrogens (tertiary/aromatic N) is 4. The van der Waals surface area contributed by atoms with E-state index >= 15 is 0 Å². The molecule has 0 spiro atoms. The van der Waals surface area contributed by atoms with E-state index in [1.165, 1.54) is 25.0 Å². The maximum absolute atomic E-state index is 13.5. The Morgan fingerprint density at radius 3 is 2.27 bits per heavy atom. The highest BCUT2D eigenvalue weighted by Crippen LogP contribution is 2.24. The van der Waals surface area contributed by atoms with E-state index < -0.39 is 10.0 Å². The molecule has 2 aromatic carbocycles. The molecule has 5 rings (SSSR count). The Bertz CT molecular complexity index is 1270. The second kappa shape index (κ2) is 12.1. The van der Waals surface area contributed by atoms with Gasteiger partial charge in [-0.05, 0) is 80.5 Å². The number of hydrogen-bond donors (Lipinski definition) is 3. The van der Waals surface area contributed by atoms with Crippen molar-refractivity contribution in [2.45, 2.75) is 23.8 Å². The van der Waals surface area contributed by atoms with Crippen molar-refractivity contribution in [2.24, 2.45) is 0 Å². The molecule has 3 heterocycles. The van der Waals surface area contributed by atoms with Crippen molar-refractivity contribution in [3.05, 3.63) is 66.6 Å². The topological polar surface area (TPSA) is 102 Å². The minimum Gasteiger partial charge on any atom is -0.340 e. The van der Waals surface area contributed by atoms with E-state index in [1.807, 2.05) is 0 Å². The van der Waals surface area contributed by atoms with Crippen LogP contribution in [0.1, 0.15) is 12.8 Å². The van der Waals surface area contributed by atoms with Crippen molar-refractivity contribution in [2.75, 3.05) is 49.9 Å². The number of rotatable bonds is 10. The number of likely N-dealkylation sites (tertiary alicyclic amines) is 1. The first-order valence-corrected chi connectivity index (χ1v) is 13.6. The number of hydrogen-bond acceptors (Lipinski definition) is 8. The maximum atomic E-state index is 13.5. The van der Waals surface area contributed by atoms with Crippen LogP contribution < -0.4 is 16.0 Å². The molecule has 3 aromatic rings. The van der Waals surface area contributed by atoms with Crippen LogP contribution in [0.5, 0.6) is 0 Å². The minimum atomic E-state index is -3.62. The molecule has 0 unspecified atom stereocenters. The average Bonchev–Trinajstić information content (AvgIpc) is 3.36. The van der Waals surface area contributed by atoms with Gasteiger partial charge in [0.2, 0.25) is 16.0 Å². The molecule has 0 aliphatic carbocycles. The number of nitrogens with one attached hydrogen (secondary N) is 3. The summed E-state index contributed by atoms with van der Waals surface area (Å²) in [7, 11) is -3.62. The van der Waals surface area contributed by atoms with Crippen LogP contribution in [0, 0.1) is 5.82 Å². The molecule has 2 fully saturated rings. The zero-order chi connectivity index (χ0) is 25.0. The lowest BCUT2D eigenvalue weighted by Crippen LogP contribution is -2.59. The van der Waals surface area contributed by atoms with Crippen LogP contribution in [0.2, 0.25) is 0 Å². The average molecular weight is 548 g/mol. The summed E-state index contributed by atoms with van der Waals surface area (Å²) in [6.45, 7) is 4.70. The summed E-state index contributed by atoms with van der Waals surface area (Å²) in [6.07, 6.45) is 3.97. The summed E-state index contributed by atoms with van der Waals surface area (Å²) in [5, 5.41) is 9.39. The van der Waals surface area contributed by atoms with Crippen molar-refractivity contribution in [3.8, 4) is 0 Å². The number of aromatic nitrogens is 2. The zero-order valence-corrected chi connectivity index (χ0v) is 21.9. The van der Waals surface area contributed by atoms with Crippen LogP contribution >= 0.6 is 12.4 Å². The van der Waals surface area contributed by atoms with E-state index in [4.69, 9.17) is 0 Å². The molecule has 0 atom stereocenters. The van der Waals surface area contributed by atoms with E-state index in [0.717, 1.165) is 19.6 Å². The van der Waals surface area contributed by atoms with Crippen molar-refractivity contribution >= 4 is 45.6 Å². The fourth-order valence-electron chi connectivity index (χ4n) is 4.37. The summed E-state index contributed by atoms with van der Waals surface area (Å²) in [5.74, 6) is 0.585.